The molecule has 1 unspecified atom stereocenters. The van der Waals surface area contributed by atoms with E-state index in [-0.39, 0.29) is 29.2 Å². The topological polar surface area (TPSA) is 117 Å². The number of sulfonamides is 1. The molecule has 2 saturated heterocycles. The summed E-state index contributed by atoms with van der Waals surface area (Å²) in [5.74, 6) is 0.609. The molecule has 10 nitrogen and oxygen atoms in total. The van der Waals surface area contributed by atoms with Crippen molar-refractivity contribution in [1.29, 1.82) is 0 Å². The molecule has 2 aliphatic heterocycles. The fourth-order valence-corrected chi connectivity index (χ4v) is 5.61. The number of piperidine rings is 1. The summed E-state index contributed by atoms with van der Waals surface area (Å²) in [6, 6.07) is 11.9. The van der Waals surface area contributed by atoms with Crippen molar-refractivity contribution in [2.24, 2.45) is 0 Å². The summed E-state index contributed by atoms with van der Waals surface area (Å²) in [6.45, 7) is 1.36. The van der Waals surface area contributed by atoms with Gasteiger partial charge in [0, 0.05) is 43.9 Å². The van der Waals surface area contributed by atoms with Gasteiger partial charge in [0.15, 0.2) is 5.65 Å². The van der Waals surface area contributed by atoms with Crippen LogP contribution in [0.2, 0.25) is 0 Å². The standard InChI is InChI=1S/C23H26N6O4S/c30-21-7-4-14-28(21)18-8-10-19(11-9-18)34(32,33)24-15-22(31)27-12-3-5-17(16-27)23-26-25-20-6-1-2-13-29(20)23/h1-2,6,8-11,13,17,24H,3-5,7,12,14-16H2. The van der Waals surface area contributed by atoms with Gasteiger partial charge >= 0.3 is 0 Å². The maximum absolute atomic E-state index is 12.8. The van der Waals surface area contributed by atoms with Gasteiger partial charge < -0.3 is 9.80 Å². The minimum Gasteiger partial charge on any atom is -0.341 e. The highest BCUT2D eigenvalue weighted by molar-refractivity contribution is 7.89. The number of nitrogens with one attached hydrogen (secondary N) is 1. The zero-order valence-corrected chi connectivity index (χ0v) is 19.4. The molecule has 0 bridgehead atoms. The van der Waals surface area contributed by atoms with Crippen molar-refractivity contribution in [2.75, 3.05) is 31.1 Å². The third-order valence-electron chi connectivity index (χ3n) is 6.42. The van der Waals surface area contributed by atoms with E-state index in [9.17, 15) is 18.0 Å². The first kappa shape index (κ1) is 22.5. The summed E-state index contributed by atoms with van der Waals surface area (Å²) in [6.07, 6.45) is 4.91. The summed E-state index contributed by atoms with van der Waals surface area (Å²) in [5.41, 5.74) is 1.44. The third-order valence-corrected chi connectivity index (χ3v) is 7.84. The Morgan fingerprint density at radius 3 is 2.65 bits per heavy atom. The fraction of sp³-hybridized carbons (Fsp3) is 0.391. The number of rotatable bonds is 6. The van der Waals surface area contributed by atoms with Crippen LogP contribution in [0.1, 0.15) is 37.4 Å². The van der Waals surface area contributed by atoms with Crippen LogP contribution < -0.4 is 9.62 Å². The average molecular weight is 483 g/mol. The molecular formula is C23H26N6O4S. The van der Waals surface area contributed by atoms with Crippen LogP contribution in [0, 0.1) is 0 Å². The number of carbonyl (C=O) groups excluding carboxylic acids is 2. The zero-order chi connectivity index (χ0) is 23.7. The molecule has 34 heavy (non-hydrogen) atoms. The zero-order valence-electron chi connectivity index (χ0n) is 18.6. The molecule has 2 fully saturated rings. The average Bonchev–Trinajstić information content (AvgIpc) is 3.49. The van der Waals surface area contributed by atoms with Gasteiger partial charge in [0.2, 0.25) is 21.8 Å². The number of anilines is 1. The number of hydrogen-bond donors (Lipinski definition) is 1. The predicted molar refractivity (Wildman–Crippen MR) is 125 cm³/mol. The molecule has 0 saturated carbocycles. The number of likely N-dealkylation sites (tertiary alicyclic amines) is 1. The van der Waals surface area contributed by atoms with E-state index < -0.39 is 10.0 Å². The van der Waals surface area contributed by atoms with Crippen molar-refractivity contribution in [3.63, 3.8) is 0 Å². The Bertz CT molecular complexity index is 1320. The van der Waals surface area contributed by atoms with Gasteiger partial charge in [-0.2, -0.15) is 0 Å². The van der Waals surface area contributed by atoms with Gasteiger partial charge in [-0.1, -0.05) is 6.07 Å². The second-order valence-corrected chi connectivity index (χ2v) is 10.4. The Labute approximate surface area is 197 Å². The Morgan fingerprint density at radius 1 is 1.06 bits per heavy atom. The molecule has 11 heteroatoms. The molecule has 1 aromatic carbocycles. The van der Waals surface area contributed by atoms with Crippen molar-refractivity contribution < 1.29 is 18.0 Å². The van der Waals surface area contributed by atoms with Gasteiger partial charge in [-0.05, 0) is 55.7 Å². The molecule has 4 heterocycles. The van der Waals surface area contributed by atoms with Crippen molar-refractivity contribution in [3.8, 4) is 0 Å². The van der Waals surface area contributed by atoms with E-state index in [1.807, 2.05) is 28.8 Å². The molecule has 0 radical (unpaired) electrons. The van der Waals surface area contributed by atoms with Crippen molar-refractivity contribution in [2.45, 2.75) is 36.5 Å². The summed E-state index contributed by atoms with van der Waals surface area (Å²) in [5, 5.41) is 8.51. The first-order chi connectivity index (χ1) is 16.4. The van der Waals surface area contributed by atoms with Crippen LogP contribution in [0.15, 0.2) is 53.6 Å². The minimum atomic E-state index is -3.86. The Hall–Kier alpha value is -3.31. The minimum absolute atomic E-state index is 0.0348. The molecule has 2 aliphatic rings. The van der Waals surface area contributed by atoms with E-state index in [1.165, 1.54) is 12.1 Å². The lowest BCUT2D eigenvalue weighted by Crippen LogP contribution is -2.44. The highest BCUT2D eigenvalue weighted by Gasteiger charge is 2.29. The smallest absolute Gasteiger partial charge is 0.241 e. The quantitative estimate of drug-likeness (QED) is 0.570. The van der Waals surface area contributed by atoms with Gasteiger partial charge in [-0.15, -0.1) is 10.2 Å². The summed E-state index contributed by atoms with van der Waals surface area (Å²) >= 11 is 0. The maximum atomic E-state index is 12.8. The summed E-state index contributed by atoms with van der Waals surface area (Å²) in [4.78, 5) is 28.1. The molecule has 0 aliphatic carbocycles. The van der Waals surface area contributed by atoms with E-state index in [1.54, 1.807) is 21.9 Å². The van der Waals surface area contributed by atoms with E-state index >= 15 is 0 Å². The number of hydrogen-bond acceptors (Lipinski definition) is 6. The van der Waals surface area contributed by atoms with Crippen LogP contribution in [0.25, 0.3) is 5.65 Å². The number of aromatic nitrogens is 3. The highest BCUT2D eigenvalue weighted by atomic mass is 32.2. The molecule has 5 rings (SSSR count). The molecule has 1 atom stereocenters. The van der Waals surface area contributed by atoms with E-state index in [0.717, 1.165) is 30.7 Å². The first-order valence-corrected chi connectivity index (χ1v) is 12.9. The molecule has 2 aromatic heterocycles. The first-order valence-electron chi connectivity index (χ1n) is 11.4. The van der Waals surface area contributed by atoms with E-state index in [2.05, 4.69) is 14.9 Å². The van der Waals surface area contributed by atoms with Crippen LogP contribution in [0.5, 0.6) is 0 Å². The SMILES string of the molecule is O=C(CNS(=O)(=O)c1ccc(N2CCCC2=O)cc1)N1CCCC(c2nnc3ccccn23)C1. The van der Waals surface area contributed by atoms with Gasteiger partial charge in [0.25, 0.3) is 0 Å². The second-order valence-electron chi connectivity index (χ2n) is 8.63. The Balaban J connectivity index is 1.21. The Morgan fingerprint density at radius 2 is 1.88 bits per heavy atom. The monoisotopic (exact) mass is 482 g/mol. The van der Waals surface area contributed by atoms with Gasteiger partial charge in [-0.25, -0.2) is 13.1 Å². The summed E-state index contributed by atoms with van der Waals surface area (Å²) in [7, 11) is -3.86. The van der Waals surface area contributed by atoms with Gasteiger partial charge in [-0.3, -0.25) is 14.0 Å². The fourth-order valence-electron chi connectivity index (χ4n) is 4.63. The van der Waals surface area contributed by atoms with Crippen LogP contribution >= 0.6 is 0 Å². The number of carbonyl (C=O) groups is 2. The summed E-state index contributed by atoms with van der Waals surface area (Å²) < 4.78 is 29.8. The number of fused-ring (bicyclic) bond motifs is 1. The van der Waals surface area contributed by atoms with Gasteiger partial charge in [0.05, 0.1) is 11.4 Å². The Kier molecular flexibility index (Phi) is 6.05. The molecule has 3 aromatic rings. The van der Waals surface area contributed by atoms with E-state index in [4.69, 9.17) is 0 Å². The van der Waals surface area contributed by atoms with E-state index in [0.29, 0.717) is 31.7 Å². The second kappa shape index (κ2) is 9.15. The lowest BCUT2D eigenvalue weighted by molar-refractivity contribution is -0.131. The number of amides is 2. The number of benzene rings is 1. The van der Waals surface area contributed by atoms with Crippen molar-refractivity contribution >= 4 is 33.2 Å². The maximum Gasteiger partial charge on any atom is 0.241 e. The molecule has 178 valence electrons. The lowest BCUT2D eigenvalue weighted by Gasteiger charge is -2.32. The number of nitrogens with zero attached hydrogens (tertiary/aromatic N) is 5. The third kappa shape index (κ3) is 4.40. The van der Waals surface area contributed by atoms with Crippen molar-refractivity contribution in [3.05, 3.63) is 54.5 Å². The predicted octanol–water partition coefficient (Wildman–Crippen LogP) is 1.54. The normalized spacial score (nSPS) is 19.2. The molecular weight excluding hydrogens is 456 g/mol. The highest BCUT2D eigenvalue weighted by Crippen LogP contribution is 2.26. The lowest BCUT2D eigenvalue weighted by atomic mass is 9.97. The molecule has 2 amide bonds. The number of pyridine rings is 1. The molecule has 1 N–H and O–H groups in total. The van der Waals surface area contributed by atoms with Crippen LogP contribution in [-0.2, 0) is 19.6 Å². The van der Waals surface area contributed by atoms with Crippen molar-refractivity contribution in [1.82, 2.24) is 24.2 Å². The molecule has 0 spiro atoms. The largest absolute Gasteiger partial charge is 0.341 e. The van der Waals surface area contributed by atoms with Crippen LogP contribution in [0.3, 0.4) is 0 Å². The van der Waals surface area contributed by atoms with Crippen LogP contribution in [-0.4, -0.2) is 65.9 Å². The van der Waals surface area contributed by atoms with Gasteiger partial charge in [0.1, 0.15) is 5.82 Å². The van der Waals surface area contributed by atoms with Crippen LogP contribution in [0.4, 0.5) is 5.69 Å².